The van der Waals surface area contributed by atoms with E-state index in [1.807, 2.05) is 6.07 Å². The van der Waals surface area contributed by atoms with E-state index < -0.39 is 0 Å². The van der Waals surface area contributed by atoms with Gasteiger partial charge in [-0.05, 0) is 29.7 Å². The summed E-state index contributed by atoms with van der Waals surface area (Å²) in [6, 6.07) is 10.3. The second kappa shape index (κ2) is 3.61. The van der Waals surface area contributed by atoms with Gasteiger partial charge in [0.1, 0.15) is 11.5 Å². The van der Waals surface area contributed by atoms with Gasteiger partial charge in [-0.3, -0.25) is 4.79 Å². The largest absolute Gasteiger partial charge is 0.508 e. The van der Waals surface area contributed by atoms with Crippen molar-refractivity contribution in [2.75, 3.05) is 0 Å². The summed E-state index contributed by atoms with van der Waals surface area (Å²) in [7, 11) is 0. The maximum Gasteiger partial charge on any atom is 0.308 e. The zero-order valence-corrected chi connectivity index (χ0v) is 8.23. The lowest BCUT2D eigenvalue weighted by atomic mass is 10.1. The number of hydrogen-bond acceptors (Lipinski definition) is 3. The zero-order chi connectivity index (χ0) is 10.8. The molecule has 15 heavy (non-hydrogen) atoms. The molecule has 1 N–H and O–H groups in total. The monoisotopic (exact) mass is 202 g/mol. The van der Waals surface area contributed by atoms with E-state index >= 15 is 0 Å². The van der Waals surface area contributed by atoms with Gasteiger partial charge >= 0.3 is 5.97 Å². The van der Waals surface area contributed by atoms with E-state index in [1.165, 1.54) is 6.92 Å². The number of fused-ring (bicyclic) bond motifs is 1. The number of carbonyl (C=O) groups excluding carboxylic acids is 1. The molecule has 0 radical (unpaired) electrons. The zero-order valence-electron chi connectivity index (χ0n) is 8.23. The molecule has 0 bridgehead atoms. The molecule has 76 valence electrons. The average Bonchev–Trinajstić information content (AvgIpc) is 2.16. The first-order chi connectivity index (χ1) is 7.16. The van der Waals surface area contributed by atoms with Crippen molar-refractivity contribution in [3.63, 3.8) is 0 Å². The first kappa shape index (κ1) is 9.52. The lowest BCUT2D eigenvalue weighted by Gasteiger charge is -2.05. The molecule has 3 nitrogen and oxygen atoms in total. The highest BCUT2D eigenvalue weighted by Gasteiger charge is 2.04. The summed E-state index contributed by atoms with van der Waals surface area (Å²) in [4.78, 5) is 10.9. The van der Waals surface area contributed by atoms with Gasteiger partial charge in [0.2, 0.25) is 0 Å². The Labute approximate surface area is 86.9 Å². The van der Waals surface area contributed by atoms with Gasteiger partial charge in [-0.1, -0.05) is 12.1 Å². The molecule has 3 heteroatoms. The number of ether oxygens (including phenoxy) is 1. The minimum Gasteiger partial charge on any atom is -0.508 e. The molecule has 2 aromatic rings. The van der Waals surface area contributed by atoms with E-state index in [0.29, 0.717) is 5.75 Å². The number of carbonyl (C=O) groups is 1. The van der Waals surface area contributed by atoms with Gasteiger partial charge in [-0.25, -0.2) is 0 Å². The molecule has 0 saturated carbocycles. The second-order valence-corrected chi connectivity index (χ2v) is 3.26. The summed E-state index contributed by atoms with van der Waals surface area (Å²) >= 11 is 0. The molecule has 2 rings (SSSR count). The van der Waals surface area contributed by atoms with Crippen LogP contribution in [-0.2, 0) is 4.79 Å². The van der Waals surface area contributed by atoms with E-state index in [1.54, 1.807) is 30.3 Å². The van der Waals surface area contributed by atoms with E-state index in [2.05, 4.69) is 0 Å². The Morgan fingerprint density at radius 1 is 1.27 bits per heavy atom. The van der Waals surface area contributed by atoms with Crippen LogP contribution in [0.1, 0.15) is 6.92 Å². The molecule has 0 fully saturated rings. The van der Waals surface area contributed by atoms with Crippen LogP contribution in [0.2, 0.25) is 0 Å². The van der Waals surface area contributed by atoms with Gasteiger partial charge in [-0.2, -0.15) is 0 Å². The minimum absolute atomic E-state index is 0.197. The van der Waals surface area contributed by atoms with Crippen molar-refractivity contribution in [3.05, 3.63) is 36.4 Å². The molecule has 0 aliphatic carbocycles. The van der Waals surface area contributed by atoms with Crippen LogP contribution in [0.3, 0.4) is 0 Å². The topological polar surface area (TPSA) is 46.5 Å². The molecule has 0 aliphatic heterocycles. The molecule has 0 spiro atoms. The van der Waals surface area contributed by atoms with Crippen LogP contribution in [-0.4, -0.2) is 11.1 Å². The highest BCUT2D eigenvalue weighted by molar-refractivity contribution is 5.91. The minimum atomic E-state index is -0.351. The summed E-state index contributed by atoms with van der Waals surface area (Å²) in [6.45, 7) is 1.36. The Hall–Kier alpha value is -2.03. The Morgan fingerprint density at radius 3 is 2.80 bits per heavy atom. The van der Waals surface area contributed by atoms with Crippen molar-refractivity contribution in [1.29, 1.82) is 0 Å². The first-order valence-electron chi connectivity index (χ1n) is 4.57. The number of rotatable bonds is 1. The number of phenols is 1. The quantitative estimate of drug-likeness (QED) is 0.570. The molecule has 2 aromatic carbocycles. The lowest BCUT2D eigenvalue weighted by molar-refractivity contribution is -0.131. The number of esters is 1. The van der Waals surface area contributed by atoms with E-state index in [0.717, 1.165) is 10.8 Å². The molecule has 0 heterocycles. The van der Waals surface area contributed by atoms with Crippen LogP contribution in [0.5, 0.6) is 11.5 Å². The smallest absolute Gasteiger partial charge is 0.308 e. The van der Waals surface area contributed by atoms with Gasteiger partial charge < -0.3 is 9.84 Å². The van der Waals surface area contributed by atoms with Gasteiger partial charge in [-0.15, -0.1) is 0 Å². The van der Waals surface area contributed by atoms with Gasteiger partial charge in [0.15, 0.2) is 0 Å². The molecule has 0 amide bonds. The summed E-state index contributed by atoms with van der Waals surface area (Å²) in [6.07, 6.45) is 0. The molecular formula is C12H10O3. The number of aromatic hydroxyl groups is 1. The standard InChI is InChI=1S/C12H10O3/c1-8(13)15-12-4-2-3-9-7-10(14)5-6-11(9)12/h2-7,14H,1H3. The summed E-state index contributed by atoms with van der Waals surface area (Å²) in [5.74, 6) is 0.359. The van der Waals surface area contributed by atoms with Crippen molar-refractivity contribution in [2.24, 2.45) is 0 Å². The predicted molar refractivity (Wildman–Crippen MR) is 56.9 cm³/mol. The Morgan fingerprint density at radius 2 is 2.07 bits per heavy atom. The summed E-state index contributed by atoms with van der Waals surface area (Å²) < 4.78 is 5.05. The van der Waals surface area contributed by atoms with Crippen molar-refractivity contribution < 1.29 is 14.6 Å². The van der Waals surface area contributed by atoms with Gasteiger partial charge in [0.25, 0.3) is 0 Å². The number of hydrogen-bond donors (Lipinski definition) is 1. The third-order valence-corrected chi connectivity index (χ3v) is 2.08. The Bertz CT molecular complexity index is 517. The molecule has 0 atom stereocenters. The number of benzene rings is 2. The van der Waals surface area contributed by atoms with Crippen molar-refractivity contribution in [3.8, 4) is 11.5 Å². The van der Waals surface area contributed by atoms with Gasteiger partial charge in [0.05, 0.1) is 0 Å². The maximum absolute atomic E-state index is 10.9. The molecule has 0 aromatic heterocycles. The predicted octanol–water partition coefficient (Wildman–Crippen LogP) is 2.47. The van der Waals surface area contributed by atoms with E-state index in [-0.39, 0.29) is 11.7 Å². The second-order valence-electron chi connectivity index (χ2n) is 3.26. The first-order valence-corrected chi connectivity index (χ1v) is 4.57. The maximum atomic E-state index is 10.9. The Balaban J connectivity index is 2.60. The van der Waals surface area contributed by atoms with Crippen LogP contribution in [0.4, 0.5) is 0 Å². The van der Waals surface area contributed by atoms with Crippen LogP contribution in [0, 0.1) is 0 Å². The van der Waals surface area contributed by atoms with Gasteiger partial charge in [0, 0.05) is 12.3 Å². The SMILES string of the molecule is CC(=O)Oc1cccc2cc(O)ccc12. The lowest BCUT2D eigenvalue weighted by Crippen LogP contribution is -2.01. The van der Waals surface area contributed by atoms with Crippen LogP contribution in [0.25, 0.3) is 10.8 Å². The van der Waals surface area contributed by atoms with Crippen LogP contribution >= 0.6 is 0 Å². The third kappa shape index (κ3) is 1.91. The van der Waals surface area contributed by atoms with E-state index in [9.17, 15) is 9.90 Å². The van der Waals surface area contributed by atoms with E-state index in [4.69, 9.17) is 4.74 Å². The van der Waals surface area contributed by atoms with Crippen LogP contribution < -0.4 is 4.74 Å². The molecule has 0 aliphatic rings. The number of phenolic OH excluding ortho intramolecular Hbond substituents is 1. The fourth-order valence-corrected chi connectivity index (χ4v) is 1.49. The average molecular weight is 202 g/mol. The molecule has 0 unspecified atom stereocenters. The van der Waals surface area contributed by atoms with Crippen LogP contribution in [0.15, 0.2) is 36.4 Å². The molecule has 0 saturated heterocycles. The fourth-order valence-electron chi connectivity index (χ4n) is 1.49. The summed E-state index contributed by atoms with van der Waals surface area (Å²) in [5.41, 5.74) is 0. The highest BCUT2D eigenvalue weighted by atomic mass is 16.5. The normalized spacial score (nSPS) is 10.2. The fraction of sp³-hybridized carbons (Fsp3) is 0.0833. The van der Waals surface area contributed by atoms with Crippen molar-refractivity contribution in [2.45, 2.75) is 6.92 Å². The third-order valence-electron chi connectivity index (χ3n) is 2.08. The summed E-state index contributed by atoms with van der Waals surface area (Å²) in [5, 5.41) is 10.9. The Kier molecular flexibility index (Phi) is 2.29. The van der Waals surface area contributed by atoms with Crippen molar-refractivity contribution in [1.82, 2.24) is 0 Å². The molecular weight excluding hydrogens is 192 g/mol. The van der Waals surface area contributed by atoms with Crippen molar-refractivity contribution >= 4 is 16.7 Å². The highest BCUT2D eigenvalue weighted by Crippen LogP contribution is 2.28.